The van der Waals surface area contributed by atoms with Crippen molar-refractivity contribution in [1.29, 1.82) is 0 Å². The standard InChI is InChI=1S/C11H15Cl.C2H6/c1-8-5-9(11(2,3)4)7-10(12)6-8;1-2/h5-7H,1-4H3;1-2H3. The molecule has 1 aromatic rings. The summed E-state index contributed by atoms with van der Waals surface area (Å²) < 4.78 is 0. The number of aryl methyl sites for hydroxylation is 1. The fraction of sp³-hybridized carbons (Fsp3) is 0.538. The van der Waals surface area contributed by atoms with Crippen LogP contribution in [0.5, 0.6) is 0 Å². The summed E-state index contributed by atoms with van der Waals surface area (Å²) in [7, 11) is 0. The van der Waals surface area contributed by atoms with Gasteiger partial charge in [0, 0.05) is 5.02 Å². The third-order valence-corrected chi connectivity index (χ3v) is 2.13. The van der Waals surface area contributed by atoms with Gasteiger partial charge in [0.2, 0.25) is 0 Å². The van der Waals surface area contributed by atoms with Crippen molar-refractivity contribution in [3.63, 3.8) is 0 Å². The van der Waals surface area contributed by atoms with Crippen LogP contribution in [-0.2, 0) is 5.41 Å². The Labute approximate surface area is 93.3 Å². The number of benzene rings is 1. The number of hydrogen-bond acceptors (Lipinski definition) is 0. The highest BCUT2D eigenvalue weighted by molar-refractivity contribution is 6.30. The van der Waals surface area contributed by atoms with E-state index in [0.717, 1.165) is 5.02 Å². The fourth-order valence-corrected chi connectivity index (χ4v) is 1.46. The van der Waals surface area contributed by atoms with Crippen molar-refractivity contribution in [3.8, 4) is 0 Å². The zero-order valence-corrected chi connectivity index (χ0v) is 10.9. The molecule has 1 rings (SSSR count). The normalized spacial score (nSPS) is 10.5. The average Bonchev–Trinajstić information content (AvgIpc) is 2.04. The molecule has 0 atom stereocenters. The Kier molecular flexibility index (Phi) is 5.22. The minimum Gasteiger partial charge on any atom is -0.0843 e. The van der Waals surface area contributed by atoms with Gasteiger partial charge in [0.15, 0.2) is 0 Å². The Balaban J connectivity index is 0.000000791. The molecule has 1 aromatic carbocycles. The Morgan fingerprint density at radius 2 is 1.50 bits per heavy atom. The lowest BCUT2D eigenvalue weighted by Gasteiger charge is -2.19. The highest BCUT2D eigenvalue weighted by atomic mass is 35.5. The van der Waals surface area contributed by atoms with Gasteiger partial charge in [0.25, 0.3) is 0 Å². The fourth-order valence-electron chi connectivity index (χ4n) is 1.17. The second kappa shape index (κ2) is 5.41. The topological polar surface area (TPSA) is 0 Å². The summed E-state index contributed by atoms with van der Waals surface area (Å²) in [6, 6.07) is 6.21. The van der Waals surface area contributed by atoms with E-state index in [-0.39, 0.29) is 5.41 Å². The van der Waals surface area contributed by atoms with Crippen LogP contribution in [0.4, 0.5) is 0 Å². The molecule has 14 heavy (non-hydrogen) atoms. The van der Waals surface area contributed by atoms with E-state index in [0.29, 0.717) is 0 Å². The van der Waals surface area contributed by atoms with Gasteiger partial charge >= 0.3 is 0 Å². The molecule has 0 unspecified atom stereocenters. The second-order valence-electron chi connectivity index (χ2n) is 4.27. The van der Waals surface area contributed by atoms with Gasteiger partial charge in [0.1, 0.15) is 0 Å². The van der Waals surface area contributed by atoms with Gasteiger partial charge in [-0.3, -0.25) is 0 Å². The zero-order valence-electron chi connectivity index (χ0n) is 10.1. The molecule has 0 N–H and O–H groups in total. The van der Waals surface area contributed by atoms with Crippen LogP contribution in [0, 0.1) is 6.92 Å². The lowest BCUT2D eigenvalue weighted by atomic mass is 9.86. The molecule has 0 bridgehead atoms. The highest BCUT2D eigenvalue weighted by Gasteiger charge is 2.13. The van der Waals surface area contributed by atoms with Gasteiger partial charge < -0.3 is 0 Å². The molecule has 0 aliphatic heterocycles. The van der Waals surface area contributed by atoms with Crippen LogP contribution in [0.2, 0.25) is 5.02 Å². The van der Waals surface area contributed by atoms with Crippen LogP contribution in [0.15, 0.2) is 18.2 Å². The maximum atomic E-state index is 5.96. The van der Waals surface area contributed by atoms with Gasteiger partial charge in [-0.25, -0.2) is 0 Å². The van der Waals surface area contributed by atoms with E-state index in [1.807, 2.05) is 26.0 Å². The average molecular weight is 213 g/mol. The van der Waals surface area contributed by atoms with Crippen molar-refractivity contribution in [2.45, 2.75) is 47.0 Å². The minimum absolute atomic E-state index is 0.190. The molecule has 1 heteroatoms. The summed E-state index contributed by atoms with van der Waals surface area (Å²) in [5, 5.41) is 0.833. The van der Waals surface area contributed by atoms with E-state index in [9.17, 15) is 0 Å². The first-order chi connectivity index (χ1) is 6.39. The monoisotopic (exact) mass is 212 g/mol. The van der Waals surface area contributed by atoms with Crippen LogP contribution >= 0.6 is 11.6 Å². The summed E-state index contributed by atoms with van der Waals surface area (Å²) in [5.41, 5.74) is 2.72. The van der Waals surface area contributed by atoms with Crippen LogP contribution in [-0.4, -0.2) is 0 Å². The van der Waals surface area contributed by atoms with Crippen molar-refractivity contribution in [1.82, 2.24) is 0 Å². The lowest BCUT2D eigenvalue weighted by molar-refractivity contribution is 0.590. The van der Waals surface area contributed by atoms with Gasteiger partial charge in [-0.05, 0) is 35.6 Å². The number of halogens is 1. The first-order valence-electron chi connectivity index (χ1n) is 5.17. The maximum Gasteiger partial charge on any atom is 0.0411 e. The van der Waals surface area contributed by atoms with Crippen LogP contribution in [0.25, 0.3) is 0 Å². The molecule has 0 radical (unpaired) electrons. The first kappa shape index (κ1) is 13.5. The Bertz CT molecular complexity index is 262. The van der Waals surface area contributed by atoms with Gasteiger partial charge in [0.05, 0.1) is 0 Å². The summed E-state index contributed by atoms with van der Waals surface area (Å²) in [6.07, 6.45) is 0. The molecule has 0 aliphatic carbocycles. The summed E-state index contributed by atoms with van der Waals surface area (Å²) in [4.78, 5) is 0. The number of rotatable bonds is 0. The lowest BCUT2D eigenvalue weighted by Crippen LogP contribution is -2.10. The molecule has 0 heterocycles. The third kappa shape index (κ3) is 4.15. The van der Waals surface area contributed by atoms with Gasteiger partial charge in [-0.15, -0.1) is 0 Å². The molecule has 0 saturated carbocycles. The quantitative estimate of drug-likeness (QED) is 0.570. The zero-order chi connectivity index (χ0) is 11.4. The van der Waals surface area contributed by atoms with Crippen LogP contribution in [0.3, 0.4) is 0 Å². The largest absolute Gasteiger partial charge is 0.0843 e. The molecule has 80 valence electrons. The van der Waals surface area contributed by atoms with E-state index in [1.165, 1.54) is 11.1 Å². The van der Waals surface area contributed by atoms with E-state index in [1.54, 1.807) is 0 Å². The van der Waals surface area contributed by atoms with Crippen LogP contribution in [0.1, 0.15) is 45.7 Å². The first-order valence-corrected chi connectivity index (χ1v) is 5.55. The molecule has 0 fully saturated rings. The Morgan fingerprint density at radius 1 is 1.00 bits per heavy atom. The predicted molar refractivity (Wildman–Crippen MR) is 66.2 cm³/mol. The van der Waals surface area contributed by atoms with E-state index >= 15 is 0 Å². The molecule has 0 aliphatic rings. The summed E-state index contributed by atoms with van der Waals surface area (Å²) in [5.74, 6) is 0. The smallest absolute Gasteiger partial charge is 0.0411 e. The summed E-state index contributed by atoms with van der Waals surface area (Å²) >= 11 is 5.96. The molecule has 0 nitrogen and oxygen atoms in total. The molecular weight excluding hydrogens is 192 g/mol. The summed E-state index contributed by atoms with van der Waals surface area (Å²) in [6.45, 7) is 12.6. The van der Waals surface area contributed by atoms with E-state index in [4.69, 9.17) is 11.6 Å². The highest BCUT2D eigenvalue weighted by Crippen LogP contribution is 2.25. The van der Waals surface area contributed by atoms with Crippen molar-refractivity contribution in [2.24, 2.45) is 0 Å². The van der Waals surface area contributed by atoms with Gasteiger partial charge in [-0.2, -0.15) is 0 Å². The molecule has 0 saturated heterocycles. The molecule has 0 aromatic heterocycles. The van der Waals surface area contributed by atoms with Crippen molar-refractivity contribution in [3.05, 3.63) is 34.3 Å². The van der Waals surface area contributed by atoms with Crippen molar-refractivity contribution < 1.29 is 0 Å². The van der Waals surface area contributed by atoms with Crippen molar-refractivity contribution >= 4 is 11.6 Å². The van der Waals surface area contributed by atoms with E-state index < -0.39 is 0 Å². The van der Waals surface area contributed by atoms with E-state index in [2.05, 4.69) is 33.8 Å². The van der Waals surface area contributed by atoms with Gasteiger partial charge in [-0.1, -0.05) is 52.3 Å². The number of hydrogen-bond donors (Lipinski definition) is 0. The SMILES string of the molecule is CC.Cc1cc(Cl)cc(C(C)(C)C)c1. The van der Waals surface area contributed by atoms with Crippen LogP contribution < -0.4 is 0 Å². The maximum absolute atomic E-state index is 5.96. The van der Waals surface area contributed by atoms with Crippen molar-refractivity contribution in [2.75, 3.05) is 0 Å². The third-order valence-electron chi connectivity index (χ3n) is 1.91. The molecular formula is C13H21Cl. The molecule has 0 amide bonds. The Hall–Kier alpha value is -0.490. The Morgan fingerprint density at radius 3 is 1.86 bits per heavy atom. The molecule has 0 spiro atoms. The second-order valence-corrected chi connectivity index (χ2v) is 4.70. The predicted octanol–water partition coefficient (Wildman–Crippen LogP) is 4.97. The minimum atomic E-state index is 0.190.